The first-order chi connectivity index (χ1) is 27.0. The molecule has 10 heteroatoms. The highest BCUT2D eigenvalue weighted by Gasteiger charge is 2.27. The molecule has 11 rings (SSSR count). The second-order valence-electron chi connectivity index (χ2n) is 13.9. The van der Waals surface area contributed by atoms with E-state index in [-0.39, 0.29) is 0 Å². The van der Waals surface area contributed by atoms with Crippen LogP contribution in [-0.4, -0.2) is 45.0 Å². The summed E-state index contributed by atoms with van der Waals surface area (Å²) in [5.74, 6) is 0. The molecule has 0 atom stereocenters. The van der Waals surface area contributed by atoms with Gasteiger partial charge in [0.05, 0.1) is 17.1 Å². The fourth-order valence-corrected chi connectivity index (χ4v) is 8.30. The summed E-state index contributed by atoms with van der Waals surface area (Å²) >= 11 is 0. The lowest BCUT2D eigenvalue weighted by atomic mass is 9.91. The van der Waals surface area contributed by atoms with Gasteiger partial charge in [0.1, 0.15) is 33.1 Å². The Kier molecular flexibility index (Phi) is 6.66. The van der Waals surface area contributed by atoms with Crippen LogP contribution in [0, 0.1) is 0 Å². The van der Waals surface area contributed by atoms with Crippen LogP contribution < -0.4 is 4.90 Å². The largest absolute Gasteiger partial charge is 0.304 e. The number of anilines is 3. The van der Waals surface area contributed by atoms with E-state index in [9.17, 15) is 0 Å². The lowest BCUT2D eigenvalue weighted by Gasteiger charge is -2.26. The quantitative estimate of drug-likeness (QED) is 0.164. The molecule has 0 fully saturated rings. The van der Waals surface area contributed by atoms with E-state index in [2.05, 4.69) is 137 Å². The molecule has 3 heterocycles. The topological polar surface area (TPSA) is 95.4 Å². The van der Waals surface area contributed by atoms with E-state index in [1.54, 1.807) is 14.4 Å². The first-order valence-corrected chi connectivity index (χ1v) is 18.2. The molecule has 0 spiro atoms. The maximum atomic E-state index is 5.08. The Morgan fingerprint density at radius 2 is 0.855 bits per heavy atom. The van der Waals surface area contributed by atoms with Crippen molar-refractivity contribution in [2.75, 3.05) is 4.90 Å². The Labute approximate surface area is 314 Å². The zero-order valence-corrected chi connectivity index (χ0v) is 30.3. The van der Waals surface area contributed by atoms with Gasteiger partial charge in [0.25, 0.3) is 0 Å². The standard InChI is InChI=1S/C45H32N10/c1-52-46-36-20-11-21-37(43(36)49-52)55(38-24-22-34(41-44(38)50-53(2)47-41)33-19-10-15-27-12-4-7-16-30(27)33)39-25-23-35(42-45(39)51-54(3)48-42)40-31-17-8-5-13-28(31)26-29-14-6-9-18-32(29)40/h4-26H,1-3H3. The van der Waals surface area contributed by atoms with Gasteiger partial charge in [-0.25, -0.2) is 0 Å². The molecule has 0 bridgehead atoms. The number of nitrogens with zero attached hydrogens (tertiary/aromatic N) is 10. The number of aryl methyl sites for hydroxylation is 3. The second kappa shape index (κ2) is 11.8. The van der Waals surface area contributed by atoms with Gasteiger partial charge in [0, 0.05) is 32.3 Å². The van der Waals surface area contributed by atoms with Crippen LogP contribution in [0.5, 0.6) is 0 Å². The lowest BCUT2D eigenvalue weighted by Crippen LogP contribution is -2.12. The van der Waals surface area contributed by atoms with Gasteiger partial charge in [-0.05, 0) is 85.9 Å². The minimum absolute atomic E-state index is 0.744. The number of aromatic nitrogens is 9. The summed E-state index contributed by atoms with van der Waals surface area (Å²) in [5.41, 5.74) is 11.3. The van der Waals surface area contributed by atoms with E-state index in [1.807, 2.05) is 33.3 Å². The van der Waals surface area contributed by atoms with Gasteiger partial charge in [0.2, 0.25) is 0 Å². The third-order valence-electron chi connectivity index (χ3n) is 10.6. The van der Waals surface area contributed by atoms with Gasteiger partial charge in [-0.1, -0.05) is 97.1 Å². The smallest absolute Gasteiger partial charge is 0.137 e. The van der Waals surface area contributed by atoms with E-state index in [4.69, 9.17) is 25.5 Å². The van der Waals surface area contributed by atoms with Crippen molar-refractivity contribution in [1.82, 2.24) is 45.0 Å². The molecule has 262 valence electrons. The Balaban J connectivity index is 1.21. The first kappa shape index (κ1) is 31.1. The highest BCUT2D eigenvalue weighted by molar-refractivity contribution is 6.18. The van der Waals surface area contributed by atoms with Crippen molar-refractivity contribution in [2.45, 2.75) is 0 Å². The Bertz CT molecular complexity index is 3280. The molecule has 0 saturated heterocycles. The van der Waals surface area contributed by atoms with Crippen LogP contribution in [0.25, 0.3) is 87.7 Å². The SMILES string of the molecule is Cn1nc2cccc(N(c3ccc(-c4cccc5ccccc45)c4nn(C)nc34)c3ccc(-c4c5ccccc5cc5ccccc45)c4nn(C)nc34)c2n1. The molecule has 0 aliphatic heterocycles. The van der Waals surface area contributed by atoms with Gasteiger partial charge in [-0.3, -0.25) is 0 Å². The summed E-state index contributed by atoms with van der Waals surface area (Å²) in [5, 5.41) is 36.7. The normalized spacial score (nSPS) is 11.9. The molecule has 0 unspecified atom stereocenters. The van der Waals surface area contributed by atoms with Gasteiger partial charge in [0.15, 0.2) is 0 Å². The molecule has 0 aliphatic carbocycles. The summed E-state index contributed by atoms with van der Waals surface area (Å²) in [6.45, 7) is 0. The fraction of sp³-hybridized carbons (Fsp3) is 0.0667. The van der Waals surface area contributed by atoms with Crippen LogP contribution >= 0.6 is 0 Å². The van der Waals surface area contributed by atoms with Crippen LogP contribution in [0.1, 0.15) is 0 Å². The van der Waals surface area contributed by atoms with Crippen molar-refractivity contribution >= 4 is 82.5 Å². The molecule has 0 aliphatic rings. The third kappa shape index (κ3) is 4.74. The van der Waals surface area contributed by atoms with Crippen molar-refractivity contribution in [3.8, 4) is 22.3 Å². The molecule has 55 heavy (non-hydrogen) atoms. The zero-order valence-electron chi connectivity index (χ0n) is 30.3. The molecule has 10 nitrogen and oxygen atoms in total. The maximum absolute atomic E-state index is 5.08. The minimum atomic E-state index is 0.744. The van der Waals surface area contributed by atoms with Gasteiger partial charge >= 0.3 is 0 Å². The molecular formula is C45H32N10. The molecule has 11 aromatic rings. The molecular weight excluding hydrogens is 681 g/mol. The predicted octanol–water partition coefficient (Wildman–Crippen LogP) is 9.80. The lowest BCUT2D eigenvalue weighted by molar-refractivity contribution is 0.665. The summed E-state index contributed by atoms with van der Waals surface area (Å²) in [7, 11) is 5.59. The van der Waals surface area contributed by atoms with Crippen molar-refractivity contribution in [3.63, 3.8) is 0 Å². The van der Waals surface area contributed by atoms with Gasteiger partial charge in [-0.2, -0.15) is 45.0 Å². The van der Waals surface area contributed by atoms with E-state index >= 15 is 0 Å². The number of benzene rings is 8. The van der Waals surface area contributed by atoms with Crippen molar-refractivity contribution in [2.24, 2.45) is 21.1 Å². The summed E-state index contributed by atoms with van der Waals surface area (Å²) in [4.78, 5) is 7.12. The highest BCUT2D eigenvalue weighted by Crippen LogP contribution is 2.47. The minimum Gasteiger partial charge on any atom is -0.304 e. The van der Waals surface area contributed by atoms with Gasteiger partial charge in [-0.15, -0.1) is 0 Å². The van der Waals surface area contributed by atoms with Crippen molar-refractivity contribution in [3.05, 3.63) is 140 Å². The number of hydrogen-bond acceptors (Lipinski definition) is 7. The highest BCUT2D eigenvalue weighted by atomic mass is 15.5. The molecule has 8 aromatic carbocycles. The number of rotatable bonds is 5. The number of hydrogen-bond donors (Lipinski definition) is 0. The van der Waals surface area contributed by atoms with Gasteiger partial charge < -0.3 is 4.90 Å². The Morgan fingerprint density at radius 3 is 1.55 bits per heavy atom. The van der Waals surface area contributed by atoms with E-state index in [0.717, 1.165) is 88.6 Å². The molecule has 0 saturated carbocycles. The zero-order chi connectivity index (χ0) is 36.8. The van der Waals surface area contributed by atoms with Crippen molar-refractivity contribution < 1.29 is 0 Å². The maximum Gasteiger partial charge on any atom is 0.137 e. The Morgan fingerprint density at radius 1 is 0.364 bits per heavy atom. The van der Waals surface area contributed by atoms with Crippen LogP contribution in [-0.2, 0) is 21.1 Å². The average molecular weight is 713 g/mol. The van der Waals surface area contributed by atoms with E-state index in [0.29, 0.717) is 0 Å². The summed E-state index contributed by atoms with van der Waals surface area (Å²) in [6, 6.07) is 48.9. The fourth-order valence-electron chi connectivity index (χ4n) is 8.30. The Hall–Kier alpha value is -7.46. The number of fused-ring (bicyclic) bond motifs is 6. The van der Waals surface area contributed by atoms with Crippen LogP contribution in [0.15, 0.2) is 140 Å². The van der Waals surface area contributed by atoms with Crippen LogP contribution in [0.3, 0.4) is 0 Å². The summed E-state index contributed by atoms with van der Waals surface area (Å²) in [6.07, 6.45) is 0. The van der Waals surface area contributed by atoms with Crippen molar-refractivity contribution in [1.29, 1.82) is 0 Å². The third-order valence-corrected chi connectivity index (χ3v) is 10.6. The average Bonchev–Trinajstić information content (AvgIpc) is 3.92. The second-order valence-corrected chi connectivity index (χ2v) is 13.9. The molecule has 0 radical (unpaired) electrons. The van der Waals surface area contributed by atoms with Crippen LogP contribution in [0.2, 0.25) is 0 Å². The van der Waals surface area contributed by atoms with E-state index < -0.39 is 0 Å². The molecule has 0 amide bonds. The van der Waals surface area contributed by atoms with Crippen LogP contribution in [0.4, 0.5) is 17.1 Å². The predicted molar refractivity (Wildman–Crippen MR) is 221 cm³/mol. The molecule has 0 N–H and O–H groups in total. The first-order valence-electron chi connectivity index (χ1n) is 18.2. The van der Waals surface area contributed by atoms with E-state index in [1.165, 1.54) is 16.2 Å². The molecule has 3 aromatic heterocycles. The summed E-state index contributed by atoms with van der Waals surface area (Å²) < 4.78 is 0. The monoisotopic (exact) mass is 712 g/mol.